The normalized spacial score (nSPS) is 13.9. The van der Waals surface area contributed by atoms with Crippen molar-refractivity contribution in [2.45, 2.75) is 25.8 Å². The lowest BCUT2D eigenvalue weighted by atomic mass is 10.1. The molecule has 0 spiro atoms. The molecule has 120 valence electrons. The Kier molecular flexibility index (Phi) is 3.45. The van der Waals surface area contributed by atoms with Gasteiger partial charge in [-0.2, -0.15) is 0 Å². The summed E-state index contributed by atoms with van der Waals surface area (Å²) < 4.78 is 1.66. The van der Waals surface area contributed by atoms with E-state index >= 15 is 0 Å². The third-order valence-corrected chi connectivity index (χ3v) is 4.42. The summed E-state index contributed by atoms with van der Waals surface area (Å²) in [6.45, 7) is 2.00. The second-order valence-electron chi connectivity index (χ2n) is 6.34. The fourth-order valence-electron chi connectivity index (χ4n) is 2.98. The summed E-state index contributed by atoms with van der Waals surface area (Å²) in [5.41, 5.74) is 2.22. The maximum atomic E-state index is 12.8. The van der Waals surface area contributed by atoms with Crippen LogP contribution in [0.5, 0.6) is 0 Å². The van der Waals surface area contributed by atoms with E-state index in [1.165, 1.54) is 0 Å². The number of hydrogen-bond acceptors (Lipinski definition) is 2. The number of benzene rings is 2. The number of aromatic nitrogens is 1. The van der Waals surface area contributed by atoms with Gasteiger partial charge in [-0.15, -0.1) is 0 Å². The molecule has 0 radical (unpaired) electrons. The van der Waals surface area contributed by atoms with E-state index in [9.17, 15) is 9.59 Å². The van der Waals surface area contributed by atoms with Crippen molar-refractivity contribution in [2.24, 2.45) is 0 Å². The first-order valence-corrected chi connectivity index (χ1v) is 8.16. The predicted molar refractivity (Wildman–Crippen MR) is 95.6 cm³/mol. The van der Waals surface area contributed by atoms with Gasteiger partial charge in [0.25, 0.3) is 11.5 Å². The zero-order valence-corrected chi connectivity index (χ0v) is 13.5. The minimum Gasteiger partial charge on any atom is -0.321 e. The first kappa shape index (κ1) is 14.7. The number of nitrogens with one attached hydrogen (secondary N) is 1. The van der Waals surface area contributed by atoms with Crippen LogP contribution < -0.4 is 10.9 Å². The van der Waals surface area contributed by atoms with E-state index in [2.05, 4.69) is 5.32 Å². The Hall–Kier alpha value is -2.88. The van der Waals surface area contributed by atoms with E-state index in [1.807, 2.05) is 61.5 Å². The molecule has 24 heavy (non-hydrogen) atoms. The fourth-order valence-corrected chi connectivity index (χ4v) is 2.98. The summed E-state index contributed by atoms with van der Waals surface area (Å²) in [5, 5.41) is 4.36. The molecular formula is C20H18N2O2. The summed E-state index contributed by atoms with van der Waals surface area (Å²) in [6.07, 6.45) is 1.89. The number of amides is 1. The van der Waals surface area contributed by atoms with Gasteiger partial charge in [-0.05, 0) is 49.4 Å². The highest BCUT2D eigenvalue weighted by atomic mass is 16.2. The van der Waals surface area contributed by atoms with Crippen LogP contribution in [0.15, 0.2) is 59.4 Å². The molecule has 4 nitrogen and oxygen atoms in total. The molecule has 1 fully saturated rings. The molecule has 1 amide bonds. The highest BCUT2D eigenvalue weighted by molar-refractivity contribution is 6.05. The van der Waals surface area contributed by atoms with Crippen molar-refractivity contribution in [3.05, 3.63) is 76.2 Å². The Balaban J connectivity index is 1.80. The lowest BCUT2D eigenvalue weighted by molar-refractivity contribution is 0.101. The number of fused-ring (bicyclic) bond motifs is 1. The van der Waals surface area contributed by atoms with Crippen LogP contribution in [-0.4, -0.2) is 10.5 Å². The number of anilines is 1. The first-order chi connectivity index (χ1) is 11.6. The lowest BCUT2D eigenvalue weighted by Crippen LogP contribution is -2.28. The summed E-state index contributed by atoms with van der Waals surface area (Å²) in [5.74, 6) is -0.242. The predicted octanol–water partition coefficient (Wildman–Crippen LogP) is 3.90. The molecule has 2 aromatic carbocycles. The number of carbonyl (C=O) groups excluding carboxylic acids is 1. The van der Waals surface area contributed by atoms with E-state index in [4.69, 9.17) is 0 Å². The smallest absolute Gasteiger partial charge is 0.272 e. The number of hydrogen-bond donors (Lipinski definition) is 1. The third-order valence-electron chi connectivity index (χ3n) is 4.42. The summed E-state index contributed by atoms with van der Waals surface area (Å²) >= 11 is 0. The minimum absolute atomic E-state index is 0.0790. The van der Waals surface area contributed by atoms with Crippen LogP contribution in [0.25, 0.3) is 10.8 Å². The molecule has 0 atom stereocenters. The largest absolute Gasteiger partial charge is 0.321 e. The van der Waals surface area contributed by atoms with Crippen LogP contribution in [0.2, 0.25) is 0 Å². The number of pyridine rings is 1. The fraction of sp³-hybridized carbons (Fsp3) is 0.200. The van der Waals surface area contributed by atoms with Gasteiger partial charge in [-0.3, -0.25) is 9.59 Å². The van der Waals surface area contributed by atoms with Crippen molar-refractivity contribution < 1.29 is 4.79 Å². The van der Waals surface area contributed by atoms with Crippen molar-refractivity contribution in [2.75, 3.05) is 5.32 Å². The van der Waals surface area contributed by atoms with Gasteiger partial charge < -0.3 is 9.88 Å². The molecule has 1 N–H and O–H groups in total. The summed E-state index contributed by atoms with van der Waals surface area (Å²) in [6, 6.07) is 17.0. The van der Waals surface area contributed by atoms with E-state index in [0.717, 1.165) is 29.5 Å². The zero-order valence-electron chi connectivity index (χ0n) is 13.5. The molecule has 0 bridgehead atoms. The van der Waals surface area contributed by atoms with Gasteiger partial charge in [0.1, 0.15) is 5.69 Å². The van der Waals surface area contributed by atoms with Gasteiger partial charge in [0.05, 0.1) is 0 Å². The molecule has 0 saturated heterocycles. The number of rotatable bonds is 3. The average Bonchev–Trinajstić information content (AvgIpc) is 3.41. The SMILES string of the molecule is Cc1ccc(NC(=O)c2cc3ccccc3c(=O)n2C2CC2)cc1. The van der Waals surface area contributed by atoms with Gasteiger partial charge >= 0.3 is 0 Å². The lowest BCUT2D eigenvalue weighted by Gasteiger charge is -2.14. The van der Waals surface area contributed by atoms with E-state index < -0.39 is 0 Å². The number of aryl methyl sites for hydroxylation is 1. The van der Waals surface area contributed by atoms with Crippen LogP contribution in [0, 0.1) is 6.92 Å². The maximum Gasteiger partial charge on any atom is 0.272 e. The number of carbonyl (C=O) groups is 1. The second-order valence-corrected chi connectivity index (χ2v) is 6.34. The first-order valence-electron chi connectivity index (χ1n) is 8.16. The van der Waals surface area contributed by atoms with Gasteiger partial charge in [-0.25, -0.2) is 0 Å². The molecule has 0 aliphatic heterocycles. The van der Waals surface area contributed by atoms with Gasteiger partial charge in [0.15, 0.2) is 0 Å². The van der Waals surface area contributed by atoms with Crippen molar-refractivity contribution in [3.63, 3.8) is 0 Å². The highest BCUT2D eigenvalue weighted by Gasteiger charge is 2.29. The highest BCUT2D eigenvalue weighted by Crippen LogP contribution is 2.35. The van der Waals surface area contributed by atoms with Crippen LogP contribution in [0.3, 0.4) is 0 Å². The molecule has 3 aromatic rings. The summed E-state index contributed by atoms with van der Waals surface area (Å²) in [4.78, 5) is 25.6. The van der Waals surface area contributed by atoms with Gasteiger partial charge in [0, 0.05) is 17.1 Å². The Labute approximate surface area is 139 Å². The Morgan fingerprint density at radius 2 is 1.79 bits per heavy atom. The molecule has 4 heteroatoms. The van der Waals surface area contributed by atoms with Crippen molar-refractivity contribution in [1.82, 2.24) is 4.57 Å². The number of nitrogens with zero attached hydrogens (tertiary/aromatic N) is 1. The Morgan fingerprint density at radius 3 is 2.50 bits per heavy atom. The topological polar surface area (TPSA) is 51.1 Å². The standard InChI is InChI=1S/C20H18N2O2/c1-13-6-8-15(9-7-13)21-19(23)18-12-14-4-2-3-5-17(14)20(24)22(18)16-10-11-16/h2-9,12,16H,10-11H2,1H3,(H,21,23). The quantitative estimate of drug-likeness (QED) is 0.796. The van der Waals surface area contributed by atoms with Crippen molar-refractivity contribution in [1.29, 1.82) is 0 Å². The summed E-state index contributed by atoms with van der Waals surface area (Å²) in [7, 11) is 0. The van der Waals surface area contributed by atoms with Crippen molar-refractivity contribution >= 4 is 22.4 Å². The van der Waals surface area contributed by atoms with E-state index in [0.29, 0.717) is 11.1 Å². The molecule has 1 aliphatic rings. The van der Waals surface area contributed by atoms with Gasteiger partial charge in [-0.1, -0.05) is 35.9 Å². The van der Waals surface area contributed by atoms with Gasteiger partial charge in [0.2, 0.25) is 0 Å². The monoisotopic (exact) mass is 318 g/mol. The Morgan fingerprint density at radius 1 is 1.08 bits per heavy atom. The zero-order chi connectivity index (χ0) is 16.7. The van der Waals surface area contributed by atoms with Crippen LogP contribution in [0.4, 0.5) is 5.69 Å². The van der Waals surface area contributed by atoms with Crippen LogP contribution in [0.1, 0.15) is 34.9 Å². The molecule has 1 aliphatic carbocycles. The third kappa shape index (κ3) is 2.60. The maximum absolute atomic E-state index is 12.8. The Bertz CT molecular complexity index is 983. The molecule has 4 rings (SSSR count). The van der Waals surface area contributed by atoms with E-state index in [1.54, 1.807) is 4.57 Å². The minimum atomic E-state index is -0.242. The average molecular weight is 318 g/mol. The molecular weight excluding hydrogens is 300 g/mol. The van der Waals surface area contributed by atoms with E-state index in [-0.39, 0.29) is 17.5 Å². The molecule has 1 heterocycles. The second kappa shape index (κ2) is 5.64. The van der Waals surface area contributed by atoms with Crippen molar-refractivity contribution in [3.8, 4) is 0 Å². The molecule has 0 unspecified atom stereocenters. The van der Waals surface area contributed by atoms with Crippen LogP contribution in [-0.2, 0) is 0 Å². The molecule has 1 saturated carbocycles. The molecule has 1 aromatic heterocycles. The van der Waals surface area contributed by atoms with Crippen LogP contribution >= 0.6 is 0 Å².